The van der Waals surface area contributed by atoms with E-state index in [4.69, 9.17) is 9.47 Å². The van der Waals surface area contributed by atoms with Crippen molar-refractivity contribution in [3.8, 4) is 0 Å². The molecule has 2 saturated heterocycles. The lowest BCUT2D eigenvalue weighted by atomic mass is 10.3. The lowest BCUT2D eigenvalue weighted by Gasteiger charge is -2.28. The van der Waals surface area contributed by atoms with Crippen molar-refractivity contribution in [2.24, 2.45) is 0 Å². The standard InChI is InChI=1S/C10H16N2O4/c13-9-1-2-12(10(14)5-11-9)6-8-7-15-3-4-16-8/h8H,1-7H2,(H,11,13). The van der Waals surface area contributed by atoms with E-state index in [0.717, 1.165) is 0 Å². The Morgan fingerprint density at radius 3 is 3.00 bits per heavy atom. The topological polar surface area (TPSA) is 67.9 Å². The molecule has 2 aliphatic rings. The number of nitrogens with zero attached hydrogens (tertiary/aromatic N) is 1. The Morgan fingerprint density at radius 1 is 1.38 bits per heavy atom. The number of ether oxygens (including phenoxy) is 2. The van der Waals surface area contributed by atoms with Crippen LogP contribution in [0.15, 0.2) is 0 Å². The van der Waals surface area contributed by atoms with Gasteiger partial charge in [0, 0.05) is 19.5 Å². The third-order valence-corrected chi connectivity index (χ3v) is 2.71. The summed E-state index contributed by atoms with van der Waals surface area (Å²) in [6.07, 6.45) is 0.296. The molecule has 16 heavy (non-hydrogen) atoms. The van der Waals surface area contributed by atoms with Gasteiger partial charge in [-0.3, -0.25) is 9.59 Å². The number of carbonyl (C=O) groups excluding carboxylic acids is 2. The fraction of sp³-hybridized carbons (Fsp3) is 0.800. The predicted octanol–water partition coefficient (Wildman–Crippen LogP) is -1.25. The Balaban J connectivity index is 1.86. The van der Waals surface area contributed by atoms with Crippen molar-refractivity contribution in [1.82, 2.24) is 10.2 Å². The molecule has 0 radical (unpaired) electrons. The summed E-state index contributed by atoms with van der Waals surface area (Å²) in [6, 6.07) is 0. The van der Waals surface area contributed by atoms with E-state index in [1.54, 1.807) is 4.90 Å². The van der Waals surface area contributed by atoms with Gasteiger partial charge in [0.15, 0.2) is 0 Å². The molecule has 1 atom stereocenters. The molecule has 0 aliphatic carbocycles. The minimum atomic E-state index is -0.0725. The van der Waals surface area contributed by atoms with Gasteiger partial charge in [-0.25, -0.2) is 0 Å². The van der Waals surface area contributed by atoms with Crippen LogP contribution in [0.3, 0.4) is 0 Å². The third kappa shape index (κ3) is 2.93. The quantitative estimate of drug-likeness (QED) is 0.641. The largest absolute Gasteiger partial charge is 0.376 e. The summed E-state index contributed by atoms with van der Waals surface area (Å²) in [5.74, 6) is -0.128. The number of hydrogen-bond donors (Lipinski definition) is 1. The number of hydrogen-bond acceptors (Lipinski definition) is 4. The summed E-state index contributed by atoms with van der Waals surface area (Å²) in [7, 11) is 0. The number of rotatable bonds is 2. The maximum Gasteiger partial charge on any atom is 0.242 e. The Bertz CT molecular complexity index is 276. The van der Waals surface area contributed by atoms with Gasteiger partial charge in [0.2, 0.25) is 11.8 Å². The molecule has 0 aromatic carbocycles. The van der Waals surface area contributed by atoms with Gasteiger partial charge in [-0.15, -0.1) is 0 Å². The monoisotopic (exact) mass is 228 g/mol. The van der Waals surface area contributed by atoms with E-state index in [0.29, 0.717) is 39.3 Å². The fourth-order valence-electron chi connectivity index (χ4n) is 1.82. The van der Waals surface area contributed by atoms with Crippen molar-refractivity contribution in [1.29, 1.82) is 0 Å². The highest BCUT2D eigenvalue weighted by molar-refractivity contribution is 5.87. The Morgan fingerprint density at radius 2 is 2.25 bits per heavy atom. The molecule has 2 heterocycles. The lowest BCUT2D eigenvalue weighted by Crippen LogP contribution is -2.44. The van der Waals surface area contributed by atoms with Gasteiger partial charge in [0.1, 0.15) is 0 Å². The van der Waals surface area contributed by atoms with Crippen molar-refractivity contribution in [2.75, 3.05) is 39.5 Å². The zero-order chi connectivity index (χ0) is 11.4. The molecule has 6 nitrogen and oxygen atoms in total. The van der Waals surface area contributed by atoms with E-state index in [1.807, 2.05) is 0 Å². The minimum absolute atomic E-state index is 0.0555. The van der Waals surface area contributed by atoms with Crippen LogP contribution >= 0.6 is 0 Å². The molecule has 6 heteroatoms. The molecular formula is C10H16N2O4. The van der Waals surface area contributed by atoms with Crippen LogP contribution in [0.25, 0.3) is 0 Å². The summed E-state index contributed by atoms with van der Waals surface area (Å²) in [6.45, 7) is 2.77. The van der Waals surface area contributed by atoms with Gasteiger partial charge in [-0.2, -0.15) is 0 Å². The van der Waals surface area contributed by atoms with E-state index in [1.165, 1.54) is 0 Å². The Hall–Kier alpha value is -1.14. The average Bonchev–Trinajstić information content (AvgIpc) is 2.46. The normalized spacial score (nSPS) is 27.5. The molecule has 1 N–H and O–H groups in total. The van der Waals surface area contributed by atoms with Crippen LogP contribution in [0.2, 0.25) is 0 Å². The van der Waals surface area contributed by atoms with Crippen molar-refractivity contribution in [3.63, 3.8) is 0 Å². The first-order chi connectivity index (χ1) is 7.75. The third-order valence-electron chi connectivity index (χ3n) is 2.71. The molecule has 0 saturated carbocycles. The second-order valence-electron chi connectivity index (χ2n) is 3.93. The summed E-state index contributed by atoms with van der Waals surface area (Å²) >= 11 is 0. The number of amides is 2. The summed E-state index contributed by atoms with van der Waals surface area (Å²) < 4.78 is 10.7. The molecule has 0 aromatic rings. The molecule has 2 fully saturated rings. The van der Waals surface area contributed by atoms with Crippen LogP contribution in [0, 0.1) is 0 Å². The Kier molecular flexibility index (Phi) is 3.74. The molecule has 0 bridgehead atoms. The molecular weight excluding hydrogens is 212 g/mol. The van der Waals surface area contributed by atoms with Crippen LogP contribution in [0.1, 0.15) is 6.42 Å². The maximum atomic E-state index is 11.6. The van der Waals surface area contributed by atoms with Crippen molar-refractivity contribution in [2.45, 2.75) is 12.5 Å². The van der Waals surface area contributed by atoms with Crippen LogP contribution in [-0.2, 0) is 19.1 Å². The van der Waals surface area contributed by atoms with Crippen LogP contribution < -0.4 is 5.32 Å². The van der Waals surface area contributed by atoms with E-state index in [-0.39, 0.29) is 24.5 Å². The zero-order valence-corrected chi connectivity index (χ0v) is 9.11. The average molecular weight is 228 g/mol. The second kappa shape index (κ2) is 5.27. The van der Waals surface area contributed by atoms with Gasteiger partial charge in [-0.05, 0) is 0 Å². The highest BCUT2D eigenvalue weighted by Crippen LogP contribution is 2.06. The van der Waals surface area contributed by atoms with E-state index < -0.39 is 0 Å². The minimum Gasteiger partial charge on any atom is -0.376 e. The molecule has 2 rings (SSSR count). The molecule has 2 aliphatic heterocycles. The molecule has 1 unspecified atom stereocenters. The van der Waals surface area contributed by atoms with Crippen molar-refractivity contribution < 1.29 is 19.1 Å². The van der Waals surface area contributed by atoms with Gasteiger partial charge < -0.3 is 19.7 Å². The van der Waals surface area contributed by atoms with Crippen LogP contribution in [-0.4, -0.2) is 62.3 Å². The fourth-order valence-corrected chi connectivity index (χ4v) is 1.82. The van der Waals surface area contributed by atoms with Crippen molar-refractivity contribution in [3.05, 3.63) is 0 Å². The summed E-state index contributed by atoms with van der Waals surface area (Å²) in [4.78, 5) is 24.4. The highest BCUT2D eigenvalue weighted by Gasteiger charge is 2.24. The van der Waals surface area contributed by atoms with Gasteiger partial charge in [0.25, 0.3) is 0 Å². The smallest absolute Gasteiger partial charge is 0.242 e. The van der Waals surface area contributed by atoms with Crippen molar-refractivity contribution >= 4 is 11.8 Å². The predicted molar refractivity (Wildman–Crippen MR) is 54.8 cm³/mol. The first kappa shape index (κ1) is 11.3. The zero-order valence-electron chi connectivity index (χ0n) is 9.11. The van der Waals surface area contributed by atoms with E-state index >= 15 is 0 Å². The summed E-state index contributed by atoms with van der Waals surface area (Å²) in [5.41, 5.74) is 0. The second-order valence-corrected chi connectivity index (χ2v) is 3.93. The van der Waals surface area contributed by atoms with Gasteiger partial charge >= 0.3 is 0 Å². The van der Waals surface area contributed by atoms with Gasteiger partial charge in [-0.1, -0.05) is 0 Å². The highest BCUT2D eigenvalue weighted by atomic mass is 16.6. The summed E-state index contributed by atoms with van der Waals surface area (Å²) in [5, 5.41) is 2.56. The number of carbonyl (C=O) groups is 2. The van der Waals surface area contributed by atoms with E-state index in [2.05, 4.69) is 5.32 Å². The lowest BCUT2D eigenvalue weighted by molar-refractivity contribution is -0.136. The van der Waals surface area contributed by atoms with Gasteiger partial charge in [0.05, 0.1) is 32.5 Å². The Labute approximate surface area is 93.9 Å². The number of nitrogens with one attached hydrogen (secondary N) is 1. The maximum absolute atomic E-state index is 11.6. The van der Waals surface area contributed by atoms with Crippen LogP contribution in [0.4, 0.5) is 0 Å². The van der Waals surface area contributed by atoms with Crippen LogP contribution in [0.5, 0.6) is 0 Å². The first-order valence-electron chi connectivity index (χ1n) is 5.49. The first-order valence-corrected chi connectivity index (χ1v) is 5.49. The molecule has 0 spiro atoms. The molecule has 90 valence electrons. The SMILES string of the molecule is O=C1CCN(CC2COCCO2)C(=O)CN1. The molecule has 0 aromatic heterocycles. The molecule has 2 amide bonds. The van der Waals surface area contributed by atoms with E-state index in [9.17, 15) is 9.59 Å².